The van der Waals surface area contributed by atoms with Gasteiger partial charge in [-0.15, -0.1) is 0 Å². The maximum Gasteiger partial charge on any atom is 0.472 e. The van der Waals surface area contributed by atoms with Crippen LogP contribution < -0.4 is 0 Å². The topological polar surface area (TPSA) is 91.3 Å². The molecule has 0 amide bonds. The predicted octanol–water partition coefficient (Wildman–Crippen LogP) is 10.9. The number of likely N-dealkylation sites (N-methyl/N-ethyl adjacent to an activating group) is 1. The number of hydrogen-bond donors (Lipinski definition) is 1. The fourth-order valence-corrected chi connectivity index (χ4v) is 6.29. The van der Waals surface area contributed by atoms with Crippen molar-refractivity contribution in [2.75, 3.05) is 54.1 Å². The fraction of sp³-hybridized carbons (Fsp3) is 0.974. The van der Waals surface area contributed by atoms with Crippen LogP contribution >= 0.6 is 7.82 Å². The molecule has 0 radical (unpaired) electrons. The molecule has 0 rings (SSSR count). The zero-order chi connectivity index (χ0) is 34.9. The van der Waals surface area contributed by atoms with E-state index in [-0.39, 0.29) is 25.8 Å². The van der Waals surface area contributed by atoms with Gasteiger partial charge in [-0.25, -0.2) is 4.57 Å². The Morgan fingerprint density at radius 1 is 0.574 bits per heavy atom. The zero-order valence-corrected chi connectivity index (χ0v) is 32.7. The summed E-state index contributed by atoms with van der Waals surface area (Å²) in [6.45, 7) is 5.65. The fourth-order valence-electron chi connectivity index (χ4n) is 5.55. The summed E-state index contributed by atoms with van der Waals surface area (Å²) >= 11 is 0. The highest BCUT2D eigenvalue weighted by Crippen LogP contribution is 2.43. The van der Waals surface area contributed by atoms with E-state index in [0.717, 1.165) is 32.1 Å². The monoisotopic (exact) mass is 693 g/mol. The second kappa shape index (κ2) is 32.7. The van der Waals surface area contributed by atoms with Crippen LogP contribution in [0.5, 0.6) is 0 Å². The molecule has 0 aromatic rings. The molecule has 0 aliphatic heterocycles. The van der Waals surface area contributed by atoms with Gasteiger partial charge >= 0.3 is 13.8 Å². The standard InChI is InChI=1S/C38H78NO7P/c1-6-8-10-12-14-16-18-20-21-23-25-27-29-31-38(40)46-37(36-45-47(41,42)44-34-32-39(3,4)5)35-43-33-30-28-26-24-22-19-17-15-13-11-9-7-2/h37H,6-36H2,1-5H3/p+1/t37-/m1/s1. The summed E-state index contributed by atoms with van der Waals surface area (Å²) in [5.74, 6) is -0.311. The number of rotatable bonds is 37. The third-order valence-corrected chi connectivity index (χ3v) is 9.65. The van der Waals surface area contributed by atoms with Gasteiger partial charge in [-0.05, 0) is 12.8 Å². The minimum absolute atomic E-state index is 0.0935. The third-order valence-electron chi connectivity index (χ3n) is 8.67. The summed E-state index contributed by atoms with van der Waals surface area (Å²) in [6.07, 6.45) is 31.2. The normalized spacial score (nSPS) is 13.9. The minimum atomic E-state index is -4.26. The first-order valence-electron chi connectivity index (χ1n) is 19.8. The Hall–Kier alpha value is -0.500. The van der Waals surface area contributed by atoms with Gasteiger partial charge in [-0.2, -0.15) is 0 Å². The largest absolute Gasteiger partial charge is 0.472 e. The van der Waals surface area contributed by atoms with Crippen molar-refractivity contribution in [3.05, 3.63) is 0 Å². The van der Waals surface area contributed by atoms with Crippen LogP contribution in [0.2, 0.25) is 0 Å². The Bertz CT molecular complexity index is 731. The van der Waals surface area contributed by atoms with Crippen LogP contribution in [-0.2, 0) is 27.9 Å². The number of phosphoric acid groups is 1. The van der Waals surface area contributed by atoms with Crippen molar-refractivity contribution < 1.29 is 37.3 Å². The molecule has 0 spiro atoms. The van der Waals surface area contributed by atoms with Crippen molar-refractivity contribution in [1.82, 2.24) is 0 Å². The van der Waals surface area contributed by atoms with Gasteiger partial charge in [0.15, 0.2) is 0 Å². The first-order chi connectivity index (χ1) is 22.6. The van der Waals surface area contributed by atoms with Crippen molar-refractivity contribution in [3.8, 4) is 0 Å². The molecule has 0 aromatic carbocycles. The van der Waals surface area contributed by atoms with E-state index >= 15 is 0 Å². The van der Waals surface area contributed by atoms with E-state index in [4.69, 9.17) is 18.5 Å². The second-order valence-corrected chi connectivity index (χ2v) is 16.1. The molecule has 9 heteroatoms. The minimum Gasteiger partial charge on any atom is -0.457 e. The Morgan fingerprint density at radius 3 is 1.40 bits per heavy atom. The van der Waals surface area contributed by atoms with Gasteiger partial charge in [-0.1, -0.05) is 162 Å². The Balaban J connectivity index is 4.26. The molecular formula is C38H79NO7P+. The summed E-state index contributed by atoms with van der Waals surface area (Å²) in [4.78, 5) is 22.8. The van der Waals surface area contributed by atoms with Crippen molar-refractivity contribution in [1.29, 1.82) is 0 Å². The quantitative estimate of drug-likeness (QED) is 0.0300. The van der Waals surface area contributed by atoms with Gasteiger partial charge in [-0.3, -0.25) is 13.8 Å². The van der Waals surface area contributed by atoms with Gasteiger partial charge in [0.25, 0.3) is 0 Å². The van der Waals surface area contributed by atoms with Gasteiger partial charge < -0.3 is 18.9 Å². The van der Waals surface area contributed by atoms with Crippen LogP contribution in [0.15, 0.2) is 0 Å². The average Bonchev–Trinajstić information content (AvgIpc) is 3.01. The number of esters is 1. The van der Waals surface area contributed by atoms with E-state index in [0.29, 0.717) is 24.1 Å². The molecule has 0 heterocycles. The average molecular weight is 693 g/mol. The zero-order valence-electron chi connectivity index (χ0n) is 31.8. The van der Waals surface area contributed by atoms with E-state index in [1.165, 1.54) is 128 Å². The molecule has 1 unspecified atom stereocenters. The highest BCUT2D eigenvalue weighted by molar-refractivity contribution is 7.47. The third kappa shape index (κ3) is 36.6. The number of carbonyl (C=O) groups excluding carboxylic acids is 1. The van der Waals surface area contributed by atoms with Gasteiger partial charge in [0.1, 0.15) is 19.3 Å². The summed E-state index contributed by atoms with van der Waals surface area (Å²) < 4.78 is 34.9. The van der Waals surface area contributed by atoms with Crippen molar-refractivity contribution >= 4 is 13.8 Å². The highest BCUT2D eigenvalue weighted by Gasteiger charge is 2.26. The van der Waals surface area contributed by atoms with Crippen LogP contribution in [0.4, 0.5) is 0 Å². The van der Waals surface area contributed by atoms with Crippen molar-refractivity contribution in [2.45, 2.75) is 187 Å². The Kier molecular flexibility index (Phi) is 32.3. The molecule has 0 saturated carbocycles. The molecule has 0 bridgehead atoms. The number of nitrogens with zero attached hydrogens (tertiary/aromatic N) is 1. The van der Waals surface area contributed by atoms with Crippen LogP contribution in [0.3, 0.4) is 0 Å². The lowest BCUT2D eigenvalue weighted by Gasteiger charge is -2.24. The number of quaternary nitrogens is 1. The van der Waals surface area contributed by atoms with E-state index < -0.39 is 13.9 Å². The van der Waals surface area contributed by atoms with Crippen LogP contribution in [0.25, 0.3) is 0 Å². The van der Waals surface area contributed by atoms with E-state index in [1.54, 1.807) is 0 Å². The molecule has 8 nitrogen and oxygen atoms in total. The molecule has 0 aliphatic rings. The maximum absolute atomic E-state index is 12.6. The summed E-state index contributed by atoms with van der Waals surface area (Å²) in [5.41, 5.74) is 0. The molecular weight excluding hydrogens is 613 g/mol. The molecule has 2 atom stereocenters. The van der Waals surface area contributed by atoms with E-state index in [1.807, 2.05) is 21.1 Å². The van der Waals surface area contributed by atoms with Crippen molar-refractivity contribution in [3.63, 3.8) is 0 Å². The van der Waals surface area contributed by atoms with Gasteiger partial charge in [0.2, 0.25) is 0 Å². The lowest BCUT2D eigenvalue weighted by Crippen LogP contribution is -2.37. The highest BCUT2D eigenvalue weighted by atomic mass is 31.2. The maximum atomic E-state index is 12.6. The number of ether oxygens (including phenoxy) is 2. The molecule has 1 N–H and O–H groups in total. The Morgan fingerprint density at radius 2 is 0.979 bits per heavy atom. The van der Waals surface area contributed by atoms with Gasteiger partial charge in [0, 0.05) is 13.0 Å². The molecule has 0 fully saturated rings. The Labute approximate surface area is 291 Å². The van der Waals surface area contributed by atoms with Crippen molar-refractivity contribution in [2.24, 2.45) is 0 Å². The first-order valence-corrected chi connectivity index (χ1v) is 21.3. The smallest absolute Gasteiger partial charge is 0.457 e. The number of phosphoric ester groups is 1. The number of hydrogen-bond acceptors (Lipinski definition) is 6. The second-order valence-electron chi connectivity index (χ2n) is 14.7. The van der Waals surface area contributed by atoms with E-state index in [9.17, 15) is 14.3 Å². The SMILES string of the molecule is CCCCCCCCCCCCCCCC(=O)O[C@H](COCCCCCCCCCCCCCC)COP(=O)(O)OCC[N+](C)(C)C. The van der Waals surface area contributed by atoms with E-state index in [2.05, 4.69) is 13.8 Å². The van der Waals surface area contributed by atoms with Crippen LogP contribution in [-0.4, -0.2) is 75.6 Å². The summed E-state index contributed by atoms with van der Waals surface area (Å²) in [6, 6.07) is 0. The molecule has 0 saturated heterocycles. The molecule has 0 aromatic heterocycles. The van der Waals surface area contributed by atoms with Gasteiger partial charge in [0.05, 0.1) is 34.4 Å². The summed E-state index contributed by atoms with van der Waals surface area (Å²) in [7, 11) is 1.68. The lowest BCUT2D eigenvalue weighted by atomic mass is 10.0. The molecule has 47 heavy (non-hydrogen) atoms. The number of carbonyl (C=O) groups is 1. The summed E-state index contributed by atoms with van der Waals surface area (Å²) in [5, 5.41) is 0. The lowest BCUT2D eigenvalue weighted by molar-refractivity contribution is -0.870. The molecule has 0 aliphatic carbocycles. The number of unbranched alkanes of at least 4 members (excludes halogenated alkanes) is 23. The molecule has 282 valence electrons. The van der Waals surface area contributed by atoms with Crippen LogP contribution in [0.1, 0.15) is 181 Å². The first kappa shape index (κ1) is 46.5. The predicted molar refractivity (Wildman–Crippen MR) is 197 cm³/mol. The van der Waals surface area contributed by atoms with Crippen LogP contribution in [0, 0.1) is 0 Å².